The second kappa shape index (κ2) is 10.4. The van der Waals surface area contributed by atoms with Crippen LogP contribution >= 0.6 is 0 Å². The Kier molecular flexibility index (Phi) is 7.45. The highest BCUT2D eigenvalue weighted by atomic mass is 32.2. The topological polar surface area (TPSA) is 122 Å². The first-order valence-corrected chi connectivity index (χ1v) is 17.5. The Morgan fingerprint density at radius 1 is 1.05 bits per heavy atom. The number of fused-ring (bicyclic) bond motifs is 6. The Morgan fingerprint density at radius 2 is 1.76 bits per heavy atom. The minimum absolute atomic E-state index is 0.0184. The van der Waals surface area contributed by atoms with E-state index in [0.29, 0.717) is 35.8 Å². The van der Waals surface area contributed by atoms with Crippen molar-refractivity contribution in [3.05, 3.63) is 23.8 Å². The van der Waals surface area contributed by atoms with Gasteiger partial charge in [-0.25, -0.2) is 17.9 Å². The molecule has 6 rings (SSSR count). The minimum Gasteiger partial charge on any atom is -0.487 e. The average Bonchev–Trinajstić information content (AvgIpc) is 3.42. The number of carbonyl (C=O) groups excluding carboxylic acids is 1. The first kappa shape index (κ1) is 30.2. The van der Waals surface area contributed by atoms with Crippen molar-refractivity contribution in [3.8, 4) is 5.75 Å². The molecule has 4 aliphatic carbocycles. The van der Waals surface area contributed by atoms with E-state index in [1.54, 1.807) is 12.1 Å². The van der Waals surface area contributed by atoms with E-state index in [1.165, 1.54) is 6.07 Å². The standard InChI is InChI=1S/C33H49NO7S/c1-19(18-40-30(37)34-42(38,39)23-6-9-28-20(14-23)17-31(2,3)41-28)24-7-8-25-29-26(11-13-33(24,25)5)32(4)12-10-22(35)15-21(32)16-27(29)36/h6,9,14,19,21-22,24-27,29,35-36H,7-8,10-13,15-18H2,1-5H3,(H,34,37)/t19-,21?,22-,24-,25+,26+,27-,29+,32+,33-/m1/s1. The maximum atomic E-state index is 13.0. The minimum atomic E-state index is -4.08. The fourth-order valence-electron chi connectivity index (χ4n) is 10.4. The van der Waals surface area contributed by atoms with Gasteiger partial charge in [-0.15, -0.1) is 0 Å². The zero-order valence-corrected chi connectivity index (χ0v) is 26.6. The number of aliphatic hydroxyl groups is 2. The summed E-state index contributed by atoms with van der Waals surface area (Å²) in [7, 11) is -4.08. The van der Waals surface area contributed by atoms with Crippen LogP contribution in [0.4, 0.5) is 4.79 Å². The third-order valence-electron chi connectivity index (χ3n) is 12.5. The van der Waals surface area contributed by atoms with Crippen molar-refractivity contribution >= 4 is 16.1 Å². The first-order valence-electron chi connectivity index (χ1n) is 16.0. The van der Waals surface area contributed by atoms with E-state index in [4.69, 9.17) is 9.47 Å². The third-order valence-corrected chi connectivity index (χ3v) is 13.8. The molecule has 1 aromatic carbocycles. The molecule has 4 saturated carbocycles. The van der Waals surface area contributed by atoms with Crippen LogP contribution in [0.2, 0.25) is 0 Å². The normalized spacial score (nSPS) is 41.0. The number of sulfonamides is 1. The average molecular weight is 604 g/mol. The number of aliphatic hydroxyl groups excluding tert-OH is 2. The number of nitrogens with one attached hydrogen (secondary N) is 1. The molecule has 8 nitrogen and oxygen atoms in total. The van der Waals surface area contributed by atoms with Gasteiger partial charge in [0.25, 0.3) is 10.0 Å². The lowest BCUT2D eigenvalue weighted by Crippen LogP contribution is -2.58. The van der Waals surface area contributed by atoms with E-state index in [-0.39, 0.29) is 46.4 Å². The molecule has 10 atom stereocenters. The molecular formula is C33H49NO7S. The molecule has 0 bridgehead atoms. The molecule has 1 heterocycles. The summed E-state index contributed by atoms with van der Waals surface area (Å²) in [6, 6.07) is 4.65. The Labute approximate surface area is 251 Å². The molecule has 1 unspecified atom stereocenters. The van der Waals surface area contributed by atoms with Crippen molar-refractivity contribution in [2.24, 2.45) is 46.3 Å². The van der Waals surface area contributed by atoms with Gasteiger partial charge >= 0.3 is 6.09 Å². The first-order chi connectivity index (χ1) is 19.6. The number of ether oxygens (including phenoxy) is 2. The van der Waals surface area contributed by atoms with Crippen molar-refractivity contribution in [3.63, 3.8) is 0 Å². The van der Waals surface area contributed by atoms with Gasteiger partial charge < -0.3 is 19.7 Å². The van der Waals surface area contributed by atoms with Crippen LogP contribution in [0.15, 0.2) is 23.1 Å². The summed E-state index contributed by atoms with van der Waals surface area (Å²) >= 11 is 0. The molecule has 42 heavy (non-hydrogen) atoms. The van der Waals surface area contributed by atoms with Gasteiger partial charge in [0, 0.05) is 6.42 Å². The number of hydrogen-bond acceptors (Lipinski definition) is 7. The molecule has 1 aromatic rings. The van der Waals surface area contributed by atoms with E-state index in [9.17, 15) is 23.4 Å². The molecule has 0 spiro atoms. The molecular weight excluding hydrogens is 554 g/mol. The summed E-state index contributed by atoms with van der Waals surface area (Å²) in [6.45, 7) is 10.9. The molecule has 0 aromatic heterocycles. The number of benzene rings is 1. The zero-order valence-electron chi connectivity index (χ0n) is 25.8. The van der Waals surface area contributed by atoms with Crippen molar-refractivity contribution in [1.29, 1.82) is 0 Å². The summed E-state index contributed by atoms with van der Waals surface area (Å²) in [5, 5.41) is 21.8. The molecule has 4 fully saturated rings. The summed E-state index contributed by atoms with van der Waals surface area (Å²) < 4.78 is 39.4. The molecule has 3 N–H and O–H groups in total. The van der Waals surface area contributed by atoms with Crippen LogP contribution in [0.1, 0.15) is 91.5 Å². The molecule has 9 heteroatoms. The van der Waals surface area contributed by atoms with Gasteiger partial charge in [0.1, 0.15) is 11.4 Å². The van der Waals surface area contributed by atoms with Gasteiger partial charge in [-0.05, 0) is 135 Å². The monoisotopic (exact) mass is 603 g/mol. The maximum absolute atomic E-state index is 13.0. The summed E-state index contributed by atoms with van der Waals surface area (Å²) in [5.41, 5.74) is 0.642. The van der Waals surface area contributed by atoms with Crippen molar-refractivity contribution < 1.29 is 32.9 Å². The van der Waals surface area contributed by atoms with Crippen LogP contribution in [0.5, 0.6) is 5.75 Å². The Morgan fingerprint density at radius 3 is 2.52 bits per heavy atom. The predicted octanol–water partition coefficient (Wildman–Crippen LogP) is 5.44. The fourth-order valence-corrected chi connectivity index (χ4v) is 11.4. The summed E-state index contributed by atoms with van der Waals surface area (Å²) in [5.74, 6) is 2.63. The van der Waals surface area contributed by atoms with Gasteiger partial charge in [-0.1, -0.05) is 20.8 Å². The van der Waals surface area contributed by atoms with Gasteiger partial charge in [0.05, 0.1) is 23.7 Å². The fraction of sp³-hybridized carbons (Fsp3) is 0.788. The lowest BCUT2D eigenvalue weighted by molar-refractivity contribution is -0.174. The highest BCUT2D eigenvalue weighted by molar-refractivity contribution is 7.90. The second-order valence-corrected chi connectivity index (χ2v) is 17.1. The van der Waals surface area contributed by atoms with Crippen molar-refractivity contribution in [1.82, 2.24) is 4.72 Å². The molecule has 0 saturated heterocycles. The quantitative estimate of drug-likeness (QED) is 0.410. The number of carbonyl (C=O) groups is 1. The highest BCUT2D eigenvalue weighted by Crippen LogP contribution is 2.68. The van der Waals surface area contributed by atoms with E-state index < -0.39 is 21.7 Å². The van der Waals surface area contributed by atoms with Crippen LogP contribution in [-0.2, 0) is 21.2 Å². The molecule has 5 aliphatic rings. The van der Waals surface area contributed by atoms with Gasteiger partial charge in [-0.2, -0.15) is 0 Å². The van der Waals surface area contributed by atoms with E-state index in [1.807, 2.05) is 13.8 Å². The van der Waals surface area contributed by atoms with E-state index >= 15 is 0 Å². The van der Waals surface area contributed by atoms with E-state index in [0.717, 1.165) is 56.9 Å². The smallest absolute Gasteiger partial charge is 0.421 e. The zero-order chi connectivity index (χ0) is 30.2. The van der Waals surface area contributed by atoms with E-state index in [2.05, 4.69) is 25.5 Å². The summed E-state index contributed by atoms with van der Waals surface area (Å²) in [4.78, 5) is 12.7. The molecule has 0 radical (unpaired) electrons. The van der Waals surface area contributed by atoms with Gasteiger partial charge in [0.15, 0.2) is 0 Å². The second-order valence-electron chi connectivity index (χ2n) is 15.4. The van der Waals surface area contributed by atoms with Crippen molar-refractivity contribution in [2.45, 2.75) is 115 Å². The van der Waals surface area contributed by atoms with Crippen molar-refractivity contribution in [2.75, 3.05) is 6.61 Å². The maximum Gasteiger partial charge on any atom is 0.421 e. The van der Waals surface area contributed by atoms with Gasteiger partial charge in [0.2, 0.25) is 0 Å². The number of hydrogen-bond donors (Lipinski definition) is 3. The largest absolute Gasteiger partial charge is 0.487 e. The van der Waals surface area contributed by atoms with Crippen LogP contribution < -0.4 is 9.46 Å². The lowest BCUT2D eigenvalue weighted by Gasteiger charge is -2.62. The molecule has 1 aliphatic heterocycles. The van der Waals surface area contributed by atoms with Crippen LogP contribution in [-0.4, -0.2) is 49.1 Å². The summed E-state index contributed by atoms with van der Waals surface area (Å²) in [6.07, 6.45) is 6.83. The van der Waals surface area contributed by atoms with Gasteiger partial charge in [-0.3, -0.25) is 0 Å². The Balaban J connectivity index is 1.08. The van der Waals surface area contributed by atoms with Crippen LogP contribution in [0.3, 0.4) is 0 Å². The lowest BCUT2D eigenvalue weighted by atomic mass is 9.43. The molecule has 234 valence electrons. The predicted molar refractivity (Wildman–Crippen MR) is 158 cm³/mol. The Bertz CT molecular complexity index is 1330. The third kappa shape index (κ3) is 5.05. The number of amides is 1. The SMILES string of the molecule is C[C@H](COC(=O)NS(=O)(=O)c1ccc2c(c1)CC(C)(C)O2)[C@H]1CC[C@H]2[C@@H]3[C@H](O)CC4C[C@H](O)CC[C@]4(C)[C@H]3CC[C@]12C. The van der Waals surface area contributed by atoms with Crippen LogP contribution in [0, 0.1) is 46.3 Å². The Hall–Kier alpha value is -1.84. The highest BCUT2D eigenvalue weighted by Gasteiger charge is 2.63. The number of rotatable bonds is 5. The molecule has 1 amide bonds. The van der Waals surface area contributed by atoms with Crippen LogP contribution in [0.25, 0.3) is 0 Å².